The van der Waals surface area contributed by atoms with Crippen molar-refractivity contribution in [3.05, 3.63) is 29.3 Å². The minimum Gasteiger partial charge on any atom is -0.484 e. The van der Waals surface area contributed by atoms with Crippen molar-refractivity contribution in [1.29, 1.82) is 0 Å². The molecule has 2 aliphatic heterocycles. The van der Waals surface area contributed by atoms with Crippen molar-refractivity contribution in [2.75, 3.05) is 13.2 Å². The van der Waals surface area contributed by atoms with Gasteiger partial charge in [-0.2, -0.15) is 0 Å². The monoisotopic (exact) mass is 220 g/mol. The second kappa shape index (κ2) is 3.47. The molecule has 3 rings (SSSR count). The van der Waals surface area contributed by atoms with Crippen molar-refractivity contribution in [1.82, 2.24) is 0 Å². The SMILES string of the molecule is Cc1ccc2c(c1)[C@H](O)CC1(CCOC1)O2. The van der Waals surface area contributed by atoms with Crippen LogP contribution in [0, 0.1) is 6.92 Å². The third-order valence-corrected chi connectivity index (χ3v) is 3.48. The number of ether oxygens (including phenoxy) is 2. The molecule has 1 aromatic rings. The lowest BCUT2D eigenvalue weighted by Gasteiger charge is -2.37. The van der Waals surface area contributed by atoms with Crippen molar-refractivity contribution >= 4 is 0 Å². The highest BCUT2D eigenvalue weighted by Crippen LogP contribution is 2.43. The van der Waals surface area contributed by atoms with E-state index < -0.39 is 6.10 Å². The lowest BCUT2D eigenvalue weighted by Crippen LogP contribution is -2.41. The first-order chi connectivity index (χ1) is 7.69. The van der Waals surface area contributed by atoms with E-state index in [1.165, 1.54) is 0 Å². The number of fused-ring (bicyclic) bond motifs is 1. The van der Waals surface area contributed by atoms with Gasteiger partial charge in [-0.25, -0.2) is 0 Å². The molecular weight excluding hydrogens is 204 g/mol. The second-order valence-electron chi connectivity index (χ2n) is 4.85. The summed E-state index contributed by atoms with van der Waals surface area (Å²) in [6.45, 7) is 3.35. The fraction of sp³-hybridized carbons (Fsp3) is 0.538. The molecule has 16 heavy (non-hydrogen) atoms. The Hall–Kier alpha value is -1.06. The van der Waals surface area contributed by atoms with E-state index in [0.717, 1.165) is 29.9 Å². The number of hydrogen-bond acceptors (Lipinski definition) is 3. The van der Waals surface area contributed by atoms with E-state index >= 15 is 0 Å². The summed E-state index contributed by atoms with van der Waals surface area (Å²) in [7, 11) is 0. The van der Waals surface area contributed by atoms with E-state index in [-0.39, 0.29) is 5.60 Å². The molecule has 1 unspecified atom stereocenters. The Morgan fingerprint density at radius 3 is 3.06 bits per heavy atom. The molecule has 0 amide bonds. The largest absolute Gasteiger partial charge is 0.484 e. The van der Waals surface area contributed by atoms with Gasteiger partial charge in [-0.1, -0.05) is 11.6 Å². The second-order valence-corrected chi connectivity index (χ2v) is 4.85. The minimum absolute atomic E-state index is 0.290. The summed E-state index contributed by atoms with van der Waals surface area (Å²) in [5, 5.41) is 10.2. The van der Waals surface area contributed by atoms with Gasteiger partial charge in [0, 0.05) is 18.4 Å². The Bertz CT molecular complexity index is 408. The molecule has 0 radical (unpaired) electrons. The Kier molecular flexibility index (Phi) is 2.19. The summed E-state index contributed by atoms with van der Waals surface area (Å²) in [5.74, 6) is 0.815. The summed E-state index contributed by atoms with van der Waals surface area (Å²) >= 11 is 0. The quantitative estimate of drug-likeness (QED) is 0.726. The molecule has 1 fully saturated rings. The fourth-order valence-electron chi connectivity index (χ4n) is 2.59. The van der Waals surface area contributed by atoms with Gasteiger partial charge in [0.25, 0.3) is 0 Å². The lowest BCUT2D eigenvalue weighted by atomic mass is 9.88. The van der Waals surface area contributed by atoms with Gasteiger partial charge < -0.3 is 14.6 Å². The smallest absolute Gasteiger partial charge is 0.137 e. The van der Waals surface area contributed by atoms with Gasteiger partial charge in [-0.15, -0.1) is 0 Å². The van der Waals surface area contributed by atoms with E-state index in [1.54, 1.807) is 0 Å². The Labute approximate surface area is 95.0 Å². The zero-order chi connectivity index (χ0) is 11.2. The van der Waals surface area contributed by atoms with Crippen LogP contribution in [0.3, 0.4) is 0 Å². The maximum absolute atomic E-state index is 10.2. The molecule has 86 valence electrons. The molecule has 0 aliphatic carbocycles. The first kappa shape index (κ1) is 10.1. The van der Waals surface area contributed by atoms with Crippen molar-refractivity contribution in [3.8, 4) is 5.75 Å². The summed E-state index contributed by atoms with van der Waals surface area (Å²) in [6, 6.07) is 5.97. The van der Waals surface area contributed by atoms with Crippen LogP contribution in [0.15, 0.2) is 18.2 Å². The zero-order valence-electron chi connectivity index (χ0n) is 9.40. The summed E-state index contributed by atoms with van der Waals surface area (Å²) in [4.78, 5) is 0. The van der Waals surface area contributed by atoms with Gasteiger partial charge in [0.15, 0.2) is 0 Å². The van der Waals surface area contributed by atoms with Gasteiger partial charge in [-0.3, -0.25) is 0 Å². The number of aliphatic hydroxyl groups is 1. The molecule has 0 bridgehead atoms. The standard InChI is InChI=1S/C13H16O3/c1-9-2-3-12-10(6-9)11(14)7-13(16-12)4-5-15-8-13/h2-3,6,11,14H,4-5,7-8H2,1H3/t11-,13?/m1/s1. The fourth-order valence-corrected chi connectivity index (χ4v) is 2.59. The van der Waals surface area contributed by atoms with Gasteiger partial charge in [0.2, 0.25) is 0 Å². The third kappa shape index (κ3) is 1.51. The van der Waals surface area contributed by atoms with Crippen molar-refractivity contribution in [3.63, 3.8) is 0 Å². The van der Waals surface area contributed by atoms with Gasteiger partial charge in [0.05, 0.1) is 19.3 Å². The van der Waals surface area contributed by atoms with Crippen LogP contribution in [0.25, 0.3) is 0 Å². The molecule has 1 saturated heterocycles. The van der Waals surface area contributed by atoms with Crippen molar-refractivity contribution in [2.24, 2.45) is 0 Å². The number of aryl methyl sites for hydroxylation is 1. The molecule has 1 spiro atoms. The highest BCUT2D eigenvalue weighted by molar-refractivity contribution is 5.41. The van der Waals surface area contributed by atoms with Crippen LogP contribution < -0.4 is 4.74 Å². The van der Waals surface area contributed by atoms with E-state index in [1.807, 2.05) is 25.1 Å². The van der Waals surface area contributed by atoms with Gasteiger partial charge >= 0.3 is 0 Å². The Morgan fingerprint density at radius 1 is 1.44 bits per heavy atom. The molecule has 2 aliphatic rings. The molecule has 3 heteroatoms. The first-order valence-corrected chi connectivity index (χ1v) is 5.74. The predicted molar refractivity (Wildman–Crippen MR) is 59.6 cm³/mol. The average Bonchev–Trinajstić information content (AvgIpc) is 2.68. The maximum atomic E-state index is 10.2. The molecular formula is C13H16O3. The van der Waals surface area contributed by atoms with Gasteiger partial charge in [-0.05, 0) is 19.1 Å². The highest BCUT2D eigenvalue weighted by Gasteiger charge is 2.43. The number of hydrogen-bond donors (Lipinski definition) is 1. The molecule has 3 nitrogen and oxygen atoms in total. The maximum Gasteiger partial charge on any atom is 0.137 e. The van der Waals surface area contributed by atoms with Crippen LogP contribution >= 0.6 is 0 Å². The highest BCUT2D eigenvalue weighted by atomic mass is 16.6. The molecule has 1 N–H and O–H groups in total. The van der Waals surface area contributed by atoms with E-state index in [0.29, 0.717) is 13.0 Å². The summed E-state index contributed by atoms with van der Waals surface area (Å²) < 4.78 is 11.4. The van der Waals surface area contributed by atoms with Crippen LogP contribution in [0.4, 0.5) is 0 Å². The molecule has 2 heterocycles. The average molecular weight is 220 g/mol. The van der Waals surface area contributed by atoms with Crippen molar-refractivity contribution < 1.29 is 14.6 Å². The molecule has 0 aromatic heterocycles. The normalized spacial score (nSPS) is 32.5. The van der Waals surface area contributed by atoms with Crippen LogP contribution in [0.5, 0.6) is 5.75 Å². The lowest BCUT2D eigenvalue weighted by molar-refractivity contribution is -0.0194. The zero-order valence-corrected chi connectivity index (χ0v) is 9.40. The van der Waals surface area contributed by atoms with Gasteiger partial charge in [0.1, 0.15) is 11.4 Å². The van der Waals surface area contributed by atoms with E-state index in [4.69, 9.17) is 9.47 Å². The van der Waals surface area contributed by atoms with E-state index in [9.17, 15) is 5.11 Å². The van der Waals surface area contributed by atoms with Crippen molar-refractivity contribution in [2.45, 2.75) is 31.5 Å². The Morgan fingerprint density at radius 2 is 2.31 bits per heavy atom. The topological polar surface area (TPSA) is 38.7 Å². The number of rotatable bonds is 0. The molecule has 1 aromatic carbocycles. The number of benzene rings is 1. The Balaban J connectivity index is 1.99. The number of aliphatic hydroxyl groups excluding tert-OH is 1. The predicted octanol–water partition coefficient (Wildman–Crippen LogP) is 1.97. The van der Waals surface area contributed by atoms with Crippen LogP contribution in [0.1, 0.15) is 30.1 Å². The van der Waals surface area contributed by atoms with Crippen LogP contribution in [0.2, 0.25) is 0 Å². The summed E-state index contributed by atoms with van der Waals surface area (Å²) in [6.07, 6.45) is 1.09. The van der Waals surface area contributed by atoms with Crippen LogP contribution in [-0.2, 0) is 4.74 Å². The van der Waals surface area contributed by atoms with Crippen LogP contribution in [-0.4, -0.2) is 23.9 Å². The van der Waals surface area contributed by atoms with E-state index in [2.05, 4.69) is 0 Å². The molecule has 0 saturated carbocycles. The third-order valence-electron chi connectivity index (χ3n) is 3.48. The first-order valence-electron chi connectivity index (χ1n) is 5.74. The molecule has 2 atom stereocenters. The summed E-state index contributed by atoms with van der Waals surface area (Å²) in [5.41, 5.74) is 1.78. The minimum atomic E-state index is -0.426.